The minimum atomic E-state index is -0.862. The zero-order chi connectivity index (χ0) is 39.4. The molecule has 0 aromatic rings. The van der Waals surface area contributed by atoms with Gasteiger partial charge in [-0.15, -0.1) is 0 Å². The molecule has 0 aliphatic rings. The molecule has 54 heavy (non-hydrogen) atoms. The van der Waals surface area contributed by atoms with Crippen LogP contribution in [0, 0.1) is 0 Å². The number of unbranched alkanes of at least 4 members (excludes halogenated alkanes) is 27. The molecule has 0 aromatic carbocycles. The molecule has 0 radical (unpaired) electrons. The number of rotatable bonds is 42. The first-order valence-corrected chi connectivity index (χ1v) is 23.3. The number of nitrogens with one attached hydrogen (secondary N) is 1. The summed E-state index contributed by atoms with van der Waals surface area (Å²) in [6.45, 7) is 4.77. The van der Waals surface area contributed by atoms with Crippen LogP contribution in [0.15, 0.2) is 36.5 Å². The number of hydrogen-bond donors (Lipinski definition) is 3. The third-order valence-corrected chi connectivity index (χ3v) is 10.4. The molecular weight excluding hydrogens is 671 g/mol. The van der Waals surface area contributed by atoms with E-state index in [4.69, 9.17) is 4.74 Å². The summed E-state index contributed by atoms with van der Waals surface area (Å²) in [5.74, 6) is -0.144. The standard InChI is InChI=1S/C48H89NO5/c1-3-5-7-9-11-13-15-16-17-18-21-24-28-32-36-40-46(51)45(44-50)49-47(52)41-37-33-29-25-22-19-23-27-31-35-39-43-54-48(53)42-38-34-30-26-20-14-12-10-8-6-4-2/h10,12,23,27,36,40,45-46,50-51H,3-9,11,13-22,24-26,28-35,37-39,41-44H2,1-2H3,(H,49,52)/b12-10-,27-23-,40-36+. The fourth-order valence-corrected chi connectivity index (χ4v) is 6.72. The fraction of sp³-hybridized carbons (Fsp3) is 0.833. The van der Waals surface area contributed by atoms with E-state index in [0.29, 0.717) is 19.4 Å². The van der Waals surface area contributed by atoms with Crippen LogP contribution in [0.3, 0.4) is 0 Å². The summed E-state index contributed by atoms with van der Waals surface area (Å²) in [6, 6.07) is -0.648. The van der Waals surface area contributed by atoms with Gasteiger partial charge in [0.2, 0.25) is 5.91 Å². The molecule has 0 rings (SSSR count). The lowest BCUT2D eigenvalue weighted by Gasteiger charge is -2.20. The zero-order valence-corrected chi connectivity index (χ0v) is 35.7. The summed E-state index contributed by atoms with van der Waals surface area (Å²) in [5.41, 5.74) is 0. The van der Waals surface area contributed by atoms with E-state index >= 15 is 0 Å². The number of hydrogen-bond acceptors (Lipinski definition) is 5. The molecule has 2 atom stereocenters. The van der Waals surface area contributed by atoms with Crippen LogP contribution in [0.5, 0.6) is 0 Å². The van der Waals surface area contributed by atoms with Crippen LogP contribution in [-0.2, 0) is 14.3 Å². The normalized spacial score (nSPS) is 13.0. The summed E-state index contributed by atoms with van der Waals surface area (Å²) in [7, 11) is 0. The lowest BCUT2D eigenvalue weighted by atomic mass is 10.0. The Hall–Kier alpha value is -1.92. The molecule has 0 bridgehead atoms. The van der Waals surface area contributed by atoms with Crippen molar-refractivity contribution >= 4 is 11.9 Å². The van der Waals surface area contributed by atoms with Gasteiger partial charge in [-0.1, -0.05) is 179 Å². The van der Waals surface area contributed by atoms with Crippen LogP contribution in [0.25, 0.3) is 0 Å². The van der Waals surface area contributed by atoms with Crippen molar-refractivity contribution < 1.29 is 24.5 Å². The van der Waals surface area contributed by atoms with E-state index in [1.165, 1.54) is 122 Å². The van der Waals surface area contributed by atoms with E-state index in [1.807, 2.05) is 6.08 Å². The Balaban J connectivity index is 3.59. The first kappa shape index (κ1) is 52.1. The van der Waals surface area contributed by atoms with Crippen LogP contribution in [0.1, 0.15) is 232 Å². The van der Waals surface area contributed by atoms with Crippen molar-refractivity contribution in [3.8, 4) is 0 Å². The molecule has 1 amide bonds. The second kappa shape index (κ2) is 43.8. The largest absolute Gasteiger partial charge is 0.466 e. The first-order valence-electron chi connectivity index (χ1n) is 23.3. The number of carbonyl (C=O) groups excluding carboxylic acids is 2. The number of ether oxygens (including phenoxy) is 1. The van der Waals surface area contributed by atoms with E-state index in [1.54, 1.807) is 6.08 Å². The van der Waals surface area contributed by atoms with Gasteiger partial charge in [0.15, 0.2) is 0 Å². The molecule has 6 nitrogen and oxygen atoms in total. The lowest BCUT2D eigenvalue weighted by Crippen LogP contribution is -2.45. The number of aliphatic hydroxyl groups is 2. The Morgan fingerprint density at radius 2 is 0.889 bits per heavy atom. The molecule has 316 valence electrons. The van der Waals surface area contributed by atoms with Crippen LogP contribution in [-0.4, -0.2) is 47.4 Å². The Kier molecular flexibility index (Phi) is 42.2. The van der Waals surface area contributed by atoms with Crippen LogP contribution >= 0.6 is 0 Å². The van der Waals surface area contributed by atoms with E-state index in [-0.39, 0.29) is 18.5 Å². The maximum atomic E-state index is 12.4. The third-order valence-electron chi connectivity index (χ3n) is 10.4. The average molecular weight is 760 g/mol. The molecule has 0 aliphatic heterocycles. The van der Waals surface area contributed by atoms with E-state index in [2.05, 4.69) is 43.5 Å². The quantitative estimate of drug-likeness (QED) is 0.0327. The smallest absolute Gasteiger partial charge is 0.305 e. The summed E-state index contributed by atoms with van der Waals surface area (Å²) < 4.78 is 5.40. The molecule has 2 unspecified atom stereocenters. The van der Waals surface area contributed by atoms with Gasteiger partial charge in [-0.25, -0.2) is 0 Å². The first-order chi connectivity index (χ1) is 26.5. The number of esters is 1. The van der Waals surface area contributed by atoms with Crippen molar-refractivity contribution in [3.05, 3.63) is 36.5 Å². The summed E-state index contributed by atoms with van der Waals surface area (Å²) in [6.07, 6.45) is 51.3. The molecule has 0 saturated carbocycles. The Morgan fingerprint density at radius 3 is 1.37 bits per heavy atom. The third kappa shape index (κ3) is 39.8. The van der Waals surface area contributed by atoms with Crippen LogP contribution in [0.2, 0.25) is 0 Å². The van der Waals surface area contributed by atoms with Crippen LogP contribution in [0.4, 0.5) is 0 Å². The number of carbonyl (C=O) groups is 2. The van der Waals surface area contributed by atoms with Crippen molar-refractivity contribution in [2.24, 2.45) is 0 Å². The van der Waals surface area contributed by atoms with Crippen molar-refractivity contribution in [1.82, 2.24) is 5.32 Å². The van der Waals surface area contributed by atoms with Gasteiger partial charge in [-0.05, 0) is 77.0 Å². The molecule has 0 aromatic heterocycles. The minimum Gasteiger partial charge on any atom is -0.466 e. The van der Waals surface area contributed by atoms with Crippen LogP contribution < -0.4 is 5.32 Å². The van der Waals surface area contributed by atoms with Crippen molar-refractivity contribution in [3.63, 3.8) is 0 Å². The van der Waals surface area contributed by atoms with Gasteiger partial charge >= 0.3 is 5.97 Å². The average Bonchev–Trinajstić information content (AvgIpc) is 3.17. The van der Waals surface area contributed by atoms with Gasteiger partial charge in [-0.3, -0.25) is 9.59 Å². The molecule has 3 N–H and O–H groups in total. The molecule has 0 saturated heterocycles. The maximum absolute atomic E-state index is 12.4. The molecule has 0 aliphatic carbocycles. The summed E-state index contributed by atoms with van der Waals surface area (Å²) >= 11 is 0. The predicted octanol–water partition coefficient (Wildman–Crippen LogP) is 13.3. The van der Waals surface area contributed by atoms with Gasteiger partial charge in [-0.2, -0.15) is 0 Å². The van der Waals surface area contributed by atoms with E-state index < -0.39 is 12.1 Å². The Labute approximate surface area is 334 Å². The lowest BCUT2D eigenvalue weighted by molar-refractivity contribution is -0.143. The van der Waals surface area contributed by atoms with Gasteiger partial charge < -0.3 is 20.3 Å². The molecule has 0 heterocycles. The monoisotopic (exact) mass is 760 g/mol. The Bertz CT molecular complexity index is 884. The highest BCUT2D eigenvalue weighted by atomic mass is 16.5. The second-order valence-electron chi connectivity index (χ2n) is 15.7. The SMILES string of the molecule is CCCC/C=C\CCCCCCCC(=O)OCCCC/C=C\CCCCCCCC(=O)NC(CO)C(O)/C=C/CCCCCCCCCCCCCCC. The topological polar surface area (TPSA) is 95.9 Å². The van der Waals surface area contributed by atoms with E-state index in [9.17, 15) is 19.8 Å². The van der Waals surface area contributed by atoms with Crippen molar-refractivity contribution in [1.29, 1.82) is 0 Å². The second-order valence-corrected chi connectivity index (χ2v) is 15.7. The maximum Gasteiger partial charge on any atom is 0.305 e. The van der Waals surface area contributed by atoms with E-state index in [0.717, 1.165) is 83.5 Å². The highest BCUT2D eigenvalue weighted by molar-refractivity contribution is 5.76. The highest BCUT2D eigenvalue weighted by Crippen LogP contribution is 2.14. The van der Waals surface area contributed by atoms with Gasteiger partial charge in [0.25, 0.3) is 0 Å². The number of allylic oxidation sites excluding steroid dienone is 5. The number of amides is 1. The summed E-state index contributed by atoms with van der Waals surface area (Å²) in [5, 5.41) is 23.0. The van der Waals surface area contributed by atoms with Gasteiger partial charge in [0, 0.05) is 12.8 Å². The molecule has 0 spiro atoms. The van der Waals surface area contributed by atoms with Crippen molar-refractivity contribution in [2.45, 2.75) is 244 Å². The molecular formula is C48H89NO5. The predicted molar refractivity (Wildman–Crippen MR) is 232 cm³/mol. The highest BCUT2D eigenvalue weighted by Gasteiger charge is 2.18. The molecule has 6 heteroatoms. The van der Waals surface area contributed by atoms with Gasteiger partial charge in [0.05, 0.1) is 25.4 Å². The fourth-order valence-electron chi connectivity index (χ4n) is 6.72. The van der Waals surface area contributed by atoms with Gasteiger partial charge in [0.1, 0.15) is 0 Å². The minimum absolute atomic E-state index is 0.0450. The number of aliphatic hydroxyl groups excluding tert-OH is 2. The molecule has 0 fully saturated rings. The zero-order valence-electron chi connectivity index (χ0n) is 35.7. The Morgan fingerprint density at radius 1 is 0.500 bits per heavy atom. The summed E-state index contributed by atoms with van der Waals surface area (Å²) in [4.78, 5) is 24.3. The van der Waals surface area contributed by atoms with Crippen molar-refractivity contribution in [2.75, 3.05) is 13.2 Å².